The summed E-state index contributed by atoms with van der Waals surface area (Å²) < 4.78 is 31.7. The second-order valence-electron chi connectivity index (χ2n) is 11.6. The number of carbonyl (C=O) groups excluding carboxylic acids is 1. The van der Waals surface area contributed by atoms with Crippen LogP contribution in [0.4, 0.5) is 4.79 Å². The lowest BCUT2D eigenvalue weighted by molar-refractivity contribution is 0.0470. The molecule has 0 unspecified atom stereocenters. The summed E-state index contributed by atoms with van der Waals surface area (Å²) in [6.45, 7) is 12.3. The van der Waals surface area contributed by atoms with Crippen LogP contribution in [0.1, 0.15) is 57.2 Å². The molecule has 43 heavy (non-hydrogen) atoms. The standard InChI is InChI=1S/C30H36Cl2N4O6S/c1-6-18-14-22-26(25(32)23(18)17-35-12-8-9-21(16-35)33-29(39)42-30(3,4)5)34-28(38)36(27(22)37)15-19-13-20(31)10-11-24(19)43(40,41)7-2/h6,10-11,13-14,21H,1,7-9,12,15-17H2,2-5H3,(H,33,39)(H,34,38)/t21-/m1/s1. The van der Waals surface area contributed by atoms with Crippen LogP contribution in [-0.4, -0.2) is 59.4 Å². The lowest BCUT2D eigenvalue weighted by atomic mass is 10.0. The molecule has 0 bridgehead atoms. The van der Waals surface area contributed by atoms with Crippen molar-refractivity contribution in [2.24, 2.45) is 0 Å². The summed E-state index contributed by atoms with van der Waals surface area (Å²) in [5.74, 6) is -0.152. The molecule has 1 fully saturated rings. The van der Waals surface area contributed by atoms with Crippen molar-refractivity contribution in [2.75, 3.05) is 18.8 Å². The fourth-order valence-electron chi connectivity index (χ4n) is 5.22. The SMILES string of the molecule is C=Cc1cc2c(=O)n(Cc3cc(Cl)ccc3S(=O)(=O)CC)c(=O)[nH]c2c(Cl)c1CN1CCC[C@@H](NC(=O)OC(C)(C)C)C1. The average molecular weight is 652 g/mol. The largest absolute Gasteiger partial charge is 0.444 e. The first-order valence-corrected chi connectivity index (χ1v) is 16.4. The number of ether oxygens (including phenoxy) is 1. The average Bonchev–Trinajstić information content (AvgIpc) is 2.92. The number of aromatic amines is 1. The Bertz CT molecular complexity index is 1790. The number of nitrogens with one attached hydrogen (secondary N) is 2. The third kappa shape index (κ3) is 7.52. The Labute approximate surface area is 260 Å². The van der Waals surface area contributed by atoms with E-state index in [0.717, 1.165) is 24.0 Å². The van der Waals surface area contributed by atoms with Gasteiger partial charge in [-0.2, -0.15) is 0 Å². The van der Waals surface area contributed by atoms with Gasteiger partial charge in [-0.3, -0.25) is 14.3 Å². The molecule has 13 heteroatoms. The Balaban J connectivity index is 1.68. The third-order valence-corrected chi connectivity index (χ3v) is 9.73. The monoisotopic (exact) mass is 650 g/mol. The zero-order valence-electron chi connectivity index (χ0n) is 24.6. The molecule has 1 aliphatic rings. The number of nitrogens with zero attached hydrogens (tertiary/aromatic N) is 2. The zero-order valence-corrected chi connectivity index (χ0v) is 27.0. The van der Waals surface area contributed by atoms with Crippen molar-refractivity contribution in [3.05, 3.63) is 78.4 Å². The van der Waals surface area contributed by atoms with Crippen LogP contribution in [0.25, 0.3) is 17.0 Å². The van der Waals surface area contributed by atoms with Gasteiger partial charge in [-0.25, -0.2) is 18.0 Å². The highest BCUT2D eigenvalue weighted by Crippen LogP contribution is 2.30. The van der Waals surface area contributed by atoms with Crippen LogP contribution < -0.4 is 16.6 Å². The molecule has 0 saturated carbocycles. The van der Waals surface area contributed by atoms with Gasteiger partial charge < -0.3 is 15.0 Å². The van der Waals surface area contributed by atoms with Crippen molar-refractivity contribution in [1.29, 1.82) is 0 Å². The Morgan fingerprint density at radius 1 is 1.21 bits per heavy atom. The van der Waals surface area contributed by atoms with E-state index in [4.69, 9.17) is 27.9 Å². The van der Waals surface area contributed by atoms with Crippen molar-refractivity contribution in [2.45, 2.75) is 70.2 Å². The minimum absolute atomic E-state index is 0.00644. The molecule has 0 radical (unpaired) electrons. The number of carbonyl (C=O) groups is 1. The molecule has 1 aliphatic heterocycles. The number of amides is 1. The van der Waals surface area contributed by atoms with E-state index >= 15 is 0 Å². The van der Waals surface area contributed by atoms with Gasteiger partial charge in [0.1, 0.15) is 5.60 Å². The van der Waals surface area contributed by atoms with E-state index in [2.05, 4.69) is 21.8 Å². The number of aromatic nitrogens is 2. The number of halogens is 2. The number of H-pyrrole nitrogens is 1. The van der Waals surface area contributed by atoms with Gasteiger partial charge >= 0.3 is 11.8 Å². The van der Waals surface area contributed by atoms with Gasteiger partial charge in [0.05, 0.1) is 33.1 Å². The summed E-state index contributed by atoms with van der Waals surface area (Å²) in [6, 6.07) is 5.78. The summed E-state index contributed by atoms with van der Waals surface area (Å²) in [7, 11) is -3.65. The van der Waals surface area contributed by atoms with E-state index in [1.54, 1.807) is 12.1 Å². The fourth-order valence-corrected chi connectivity index (χ4v) is 6.84. The van der Waals surface area contributed by atoms with Crippen molar-refractivity contribution >= 4 is 56.1 Å². The maximum absolute atomic E-state index is 13.6. The molecule has 10 nitrogen and oxygen atoms in total. The molecule has 2 heterocycles. The summed E-state index contributed by atoms with van der Waals surface area (Å²) >= 11 is 13.0. The van der Waals surface area contributed by atoms with Crippen molar-refractivity contribution in [1.82, 2.24) is 19.8 Å². The number of benzene rings is 2. The number of hydrogen-bond donors (Lipinski definition) is 2. The number of sulfone groups is 1. The smallest absolute Gasteiger partial charge is 0.407 e. The first kappa shape index (κ1) is 32.8. The van der Waals surface area contributed by atoms with Gasteiger partial charge in [0.2, 0.25) is 0 Å². The Kier molecular flexibility index (Phi) is 9.80. The Morgan fingerprint density at radius 3 is 2.58 bits per heavy atom. The molecule has 0 aliphatic carbocycles. The van der Waals surface area contributed by atoms with E-state index < -0.39 is 32.8 Å². The first-order chi connectivity index (χ1) is 20.1. The molecule has 2 N–H and O–H groups in total. The van der Waals surface area contributed by atoms with Crippen LogP contribution in [0, 0.1) is 0 Å². The van der Waals surface area contributed by atoms with Crippen LogP contribution >= 0.6 is 23.2 Å². The fraction of sp³-hybridized carbons (Fsp3) is 0.433. The van der Waals surface area contributed by atoms with Gasteiger partial charge in [-0.05, 0) is 81.1 Å². The lowest BCUT2D eigenvalue weighted by Gasteiger charge is -2.34. The maximum atomic E-state index is 13.6. The quantitative estimate of drug-likeness (QED) is 0.352. The van der Waals surface area contributed by atoms with Gasteiger partial charge in [0.15, 0.2) is 9.84 Å². The number of fused-ring (bicyclic) bond motifs is 1. The number of piperidine rings is 1. The zero-order chi connectivity index (χ0) is 31.7. The van der Waals surface area contributed by atoms with E-state index in [1.165, 1.54) is 25.1 Å². The second-order valence-corrected chi connectivity index (χ2v) is 14.6. The van der Waals surface area contributed by atoms with E-state index in [1.807, 2.05) is 20.8 Å². The number of alkyl carbamates (subject to hydrolysis) is 1. The molecule has 3 aromatic rings. The van der Waals surface area contributed by atoms with Crippen LogP contribution in [0.15, 0.2) is 45.3 Å². The molecular formula is C30H36Cl2N4O6S. The molecule has 1 saturated heterocycles. The first-order valence-electron chi connectivity index (χ1n) is 14.0. The molecular weight excluding hydrogens is 615 g/mol. The molecule has 232 valence electrons. The van der Waals surface area contributed by atoms with Gasteiger partial charge in [0.25, 0.3) is 5.56 Å². The number of hydrogen-bond acceptors (Lipinski definition) is 7. The predicted molar refractivity (Wildman–Crippen MR) is 170 cm³/mol. The highest BCUT2D eigenvalue weighted by molar-refractivity contribution is 7.91. The van der Waals surface area contributed by atoms with E-state index in [9.17, 15) is 22.8 Å². The molecule has 2 aromatic carbocycles. The lowest BCUT2D eigenvalue weighted by Crippen LogP contribution is -2.48. The summed E-state index contributed by atoms with van der Waals surface area (Å²) in [5, 5.41) is 3.58. The Hall–Kier alpha value is -3.12. The minimum Gasteiger partial charge on any atom is -0.444 e. The molecule has 1 amide bonds. The highest BCUT2D eigenvalue weighted by Gasteiger charge is 2.26. The molecule has 0 spiro atoms. The van der Waals surface area contributed by atoms with E-state index in [-0.39, 0.29) is 49.7 Å². The normalized spacial score (nSPS) is 16.3. The van der Waals surface area contributed by atoms with Crippen LogP contribution in [0.3, 0.4) is 0 Å². The summed E-state index contributed by atoms with van der Waals surface area (Å²) in [4.78, 5) is 44.0. The molecule has 4 rings (SSSR count). The van der Waals surface area contributed by atoms with Gasteiger partial charge in [0, 0.05) is 24.2 Å². The summed E-state index contributed by atoms with van der Waals surface area (Å²) in [6.07, 6.45) is 2.77. The van der Waals surface area contributed by atoms with Gasteiger partial charge in [-0.15, -0.1) is 0 Å². The van der Waals surface area contributed by atoms with Crippen molar-refractivity contribution < 1.29 is 17.9 Å². The molecule has 1 aromatic heterocycles. The van der Waals surface area contributed by atoms with E-state index in [0.29, 0.717) is 24.2 Å². The second kappa shape index (κ2) is 12.9. The molecule has 1 atom stereocenters. The van der Waals surface area contributed by atoms with Crippen LogP contribution in [-0.2, 0) is 27.7 Å². The van der Waals surface area contributed by atoms with Crippen molar-refractivity contribution in [3.63, 3.8) is 0 Å². The number of rotatable bonds is 8. The van der Waals surface area contributed by atoms with Gasteiger partial charge in [-0.1, -0.05) is 42.8 Å². The topological polar surface area (TPSA) is 131 Å². The highest BCUT2D eigenvalue weighted by atomic mass is 35.5. The maximum Gasteiger partial charge on any atom is 0.407 e. The minimum atomic E-state index is -3.65. The number of likely N-dealkylation sites (tertiary alicyclic amines) is 1. The van der Waals surface area contributed by atoms with Crippen molar-refractivity contribution in [3.8, 4) is 0 Å². The Morgan fingerprint density at radius 2 is 1.93 bits per heavy atom. The summed E-state index contributed by atoms with van der Waals surface area (Å²) in [5.41, 5.74) is -0.261. The van der Waals surface area contributed by atoms with Crippen LogP contribution in [0.2, 0.25) is 10.0 Å². The third-order valence-electron chi connectivity index (χ3n) is 7.25. The van der Waals surface area contributed by atoms with Crippen LogP contribution in [0.5, 0.6) is 0 Å². The predicted octanol–water partition coefficient (Wildman–Crippen LogP) is 4.97.